The molecule has 1 amide bonds. The van der Waals surface area contributed by atoms with Gasteiger partial charge in [0.1, 0.15) is 11.8 Å². The lowest BCUT2D eigenvalue weighted by molar-refractivity contribution is -0.122. The summed E-state index contributed by atoms with van der Waals surface area (Å²) in [6.07, 6.45) is 2.23. The Labute approximate surface area is 176 Å². The van der Waals surface area contributed by atoms with Gasteiger partial charge < -0.3 is 14.2 Å². The molecule has 0 bridgehead atoms. The van der Waals surface area contributed by atoms with Crippen molar-refractivity contribution in [3.8, 4) is 17.2 Å². The van der Waals surface area contributed by atoms with Crippen molar-refractivity contribution in [2.45, 2.75) is 38.5 Å². The Morgan fingerprint density at radius 2 is 1.87 bits per heavy atom. The topological polar surface area (TPSA) is 93.2 Å². The minimum Gasteiger partial charge on any atom is -0.497 e. The molecule has 30 heavy (non-hydrogen) atoms. The molecule has 0 aliphatic carbocycles. The smallest absolute Gasteiger partial charge is 0.258 e. The lowest BCUT2D eigenvalue weighted by Gasteiger charge is -2.16. The zero-order chi connectivity index (χ0) is 21.5. The number of carbonyl (C=O) groups excluding carboxylic acids is 1. The van der Waals surface area contributed by atoms with E-state index in [1.54, 1.807) is 20.4 Å². The van der Waals surface area contributed by atoms with Crippen molar-refractivity contribution in [1.29, 1.82) is 0 Å². The molecule has 1 aliphatic heterocycles. The number of methoxy groups -OCH3 is 2. The monoisotopic (exact) mass is 412 g/mol. The second-order valence-electron chi connectivity index (χ2n) is 7.21. The number of carbonyl (C=O) groups is 1. The van der Waals surface area contributed by atoms with Gasteiger partial charge in [-0.05, 0) is 67.8 Å². The summed E-state index contributed by atoms with van der Waals surface area (Å²) in [4.78, 5) is 12.4. The van der Waals surface area contributed by atoms with Crippen molar-refractivity contribution in [2.24, 2.45) is 5.10 Å². The Morgan fingerprint density at radius 3 is 2.53 bits per heavy atom. The molecule has 3 rings (SSSR count). The Balaban J connectivity index is 1.56. The second-order valence-corrected chi connectivity index (χ2v) is 7.21. The molecule has 0 aromatic heterocycles. The molecule has 1 fully saturated rings. The Morgan fingerprint density at radius 1 is 1.10 bits per heavy atom. The van der Waals surface area contributed by atoms with Gasteiger partial charge in [0.15, 0.2) is 11.5 Å². The molecule has 2 unspecified atom stereocenters. The number of rotatable bonds is 8. The minimum absolute atomic E-state index is 0.0340. The van der Waals surface area contributed by atoms with E-state index in [2.05, 4.69) is 21.4 Å². The maximum atomic E-state index is 12.4. The molecule has 160 valence electrons. The van der Waals surface area contributed by atoms with Crippen molar-refractivity contribution in [3.63, 3.8) is 0 Å². The van der Waals surface area contributed by atoms with Crippen LogP contribution in [0.3, 0.4) is 0 Å². The number of hydrogen-bond donors (Lipinski definition) is 3. The van der Waals surface area contributed by atoms with Crippen LogP contribution in [0.4, 0.5) is 0 Å². The van der Waals surface area contributed by atoms with E-state index in [1.165, 1.54) is 0 Å². The summed E-state index contributed by atoms with van der Waals surface area (Å²) < 4.78 is 16.3. The molecule has 0 radical (unpaired) electrons. The van der Waals surface area contributed by atoms with Gasteiger partial charge in [-0.15, -0.1) is 0 Å². The first-order valence-electron chi connectivity index (χ1n) is 9.82. The van der Waals surface area contributed by atoms with Crippen molar-refractivity contribution in [1.82, 2.24) is 16.3 Å². The number of nitrogens with one attached hydrogen (secondary N) is 3. The van der Waals surface area contributed by atoms with Gasteiger partial charge in [0, 0.05) is 6.04 Å². The van der Waals surface area contributed by atoms with Gasteiger partial charge in [-0.2, -0.15) is 5.10 Å². The second kappa shape index (κ2) is 10.1. The van der Waals surface area contributed by atoms with Crippen molar-refractivity contribution >= 4 is 12.1 Å². The molecule has 1 aliphatic rings. The molecule has 1 heterocycles. The fourth-order valence-electron chi connectivity index (χ4n) is 3.14. The predicted octanol–water partition coefficient (Wildman–Crippen LogP) is 2.55. The van der Waals surface area contributed by atoms with E-state index in [0.29, 0.717) is 17.9 Å². The number of amides is 1. The lowest BCUT2D eigenvalue weighted by Crippen LogP contribution is -2.41. The normalized spacial score (nSPS) is 18.6. The van der Waals surface area contributed by atoms with Crippen LogP contribution in [0.15, 0.2) is 47.6 Å². The molecule has 1 saturated heterocycles. The average Bonchev–Trinajstić information content (AvgIpc) is 3.24. The van der Waals surface area contributed by atoms with Crippen LogP contribution >= 0.6 is 0 Å². The third-order valence-electron chi connectivity index (χ3n) is 4.68. The Bertz CT molecular complexity index is 883. The molecule has 8 nitrogen and oxygen atoms in total. The molecular formula is C22H28N4O4. The van der Waals surface area contributed by atoms with Gasteiger partial charge in [0.25, 0.3) is 5.91 Å². The van der Waals surface area contributed by atoms with Crippen molar-refractivity contribution in [3.05, 3.63) is 53.6 Å². The highest BCUT2D eigenvalue weighted by Gasteiger charge is 2.30. The van der Waals surface area contributed by atoms with Crippen LogP contribution in [-0.4, -0.2) is 38.5 Å². The molecule has 3 N–H and O–H groups in total. The van der Waals surface area contributed by atoms with Crippen molar-refractivity contribution in [2.75, 3.05) is 14.2 Å². The van der Waals surface area contributed by atoms with Crippen LogP contribution in [0.25, 0.3) is 0 Å². The number of hydrazone groups is 1. The summed E-state index contributed by atoms with van der Waals surface area (Å²) in [6.45, 7) is 3.94. The zero-order valence-electron chi connectivity index (χ0n) is 17.6. The summed E-state index contributed by atoms with van der Waals surface area (Å²) in [7, 11) is 3.23. The largest absolute Gasteiger partial charge is 0.497 e. The van der Waals surface area contributed by atoms with Crippen LogP contribution in [0.2, 0.25) is 0 Å². The van der Waals surface area contributed by atoms with Crippen LogP contribution in [0.1, 0.15) is 37.4 Å². The first kappa shape index (κ1) is 21.6. The molecule has 0 saturated carbocycles. The maximum absolute atomic E-state index is 12.4. The van der Waals surface area contributed by atoms with Gasteiger partial charge in [-0.3, -0.25) is 4.79 Å². The van der Waals surface area contributed by atoms with Gasteiger partial charge in [0.05, 0.1) is 26.5 Å². The number of hydrazine groups is 1. The van der Waals surface area contributed by atoms with Crippen LogP contribution in [-0.2, 0) is 4.79 Å². The number of hydrogen-bond acceptors (Lipinski definition) is 7. The summed E-state index contributed by atoms with van der Waals surface area (Å²) in [6, 6.07) is 12.8. The van der Waals surface area contributed by atoms with Crippen LogP contribution in [0.5, 0.6) is 17.2 Å². The maximum Gasteiger partial charge on any atom is 0.258 e. The molecule has 8 heteroatoms. The van der Waals surface area contributed by atoms with Crippen LogP contribution in [0, 0.1) is 0 Å². The quantitative estimate of drug-likeness (QED) is 0.456. The van der Waals surface area contributed by atoms with E-state index in [9.17, 15) is 4.79 Å². The average molecular weight is 412 g/mol. The standard InChI is InChI=1S/C22H28N4O4/c1-14(2)30-20-10-7-16(11-21(20)29-4)18-12-19(25-24-18)22(27)26-23-13-15-5-8-17(28-3)9-6-15/h5-11,13-14,18-19,24-25H,12H2,1-4H3,(H,26,27)/b23-13+. The van der Waals surface area contributed by atoms with Gasteiger partial charge in [-0.1, -0.05) is 6.07 Å². The predicted molar refractivity (Wildman–Crippen MR) is 115 cm³/mol. The van der Waals surface area contributed by atoms with E-state index >= 15 is 0 Å². The first-order chi connectivity index (χ1) is 14.5. The van der Waals surface area contributed by atoms with Gasteiger partial charge in [-0.25, -0.2) is 16.3 Å². The minimum atomic E-state index is -0.402. The zero-order valence-corrected chi connectivity index (χ0v) is 17.6. The summed E-state index contributed by atoms with van der Waals surface area (Å²) in [5, 5.41) is 4.04. The highest BCUT2D eigenvalue weighted by atomic mass is 16.5. The van der Waals surface area contributed by atoms with E-state index in [0.717, 1.165) is 16.9 Å². The lowest BCUT2D eigenvalue weighted by atomic mass is 10.0. The Kier molecular flexibility index (Phi) is 7.26. The fraction of sp³-hybridized carbons (Fsp3) is 0.364. The number of nitrogens with zero attached hydrogens (tertiary/aromatic N) is 1. The summed E-state index contributed by atoms with van der Waals surface area (Å²) in [5.41, 5.74) is 10.6. The number of ether oxygens (including phenoxy) is 3. The SMILES string of the molecule is COc1ccc(/C=N/NC(=O)C2CC(c3ccc(OC(C)C)c(OC)c3)NN2)cc1. The fourth-order valence-corrected chi connectivity index (χ4v) is 3.14. The molecule has 2 atom stereocenters. The molecule has 0 spiro atoms. The van der Waals surface area contributed by atoms with E-state index in [1.807, 2.05) is 56.3 Å². The van der Waals surface area contributed by atoms with E-state index in [4.69, 9.17) is 14.2 Å². The van der Waals surface area contributed by atoms with Gasteiger partial charge in [0.2, 0.25) is 0 Å². The Hall–Kier alpha value is -3.10. The third-order valence-corrected chi connectivity index (χ3v) is 4.68. The first-order valence-corrected chi connectivity index (χ1v) is 9.82. The summed E-state index contributed by atoms with van der Waals surface area (Å²) in [5.74, 6) is 1.93. The van der Waals surface area contributed by atoms with Crippen LogP contribution < -0.4 is 30.5 Å². The van der Waals surface area contributed by atoms with Gasteiger partial charge >= 0.3 is 0 Å². The highest BCUT2D eigenvalue weighted by molar-refractivity contribution is 5.85. The molecular weight excluding hydrogens is 384 g/mol. The molecule has 2 aromatic rings. The van der Waals surface area contributed by atoms with Crippen molar-refractivity contribution < 1.29 is 19.0 Å². The van der Waals surface area contributed by atoms with E-state index < -0.39 is 6.04 Å². The highest BCUT2D eigenvalue weighted by Crippen LogP contribution is 2.33. The molecule has 2 aromatic carbocycles. The number of benzene rings is 2. The van der Waals surface area contributed by atoms with E-state index in [-0.39, 0.29) is 18.1 Å². The summed E-state index contributed by atoms with van der Waals surface area (Å²) >= 11 is 0. The third kappa shape index (κ3) is 5.49.